The summed E-state index contributed by atoms with van der Waals surface area (Å²) in [4.78, 5) is 14.6. The highest BCUT2D eigenvalue weighted by molar-refractivity contribution is 5.93. The highest BCUT2D eigenvalue weighted by atomic mass is 16.7. The number of rotatable bonds is 7. The van der Waals surface area contributed by atoms with Crippen molar-refractivity contribution in [1.82, 2.24) is 0 Å². The van der Waals surface area contributed by atoms with Crippen LogP contribution in [0.4, 0.5) is 0 Å². The quantitative estimate of drug-likeness (QED) is 0.199. The largest absolute Gasteiger partial charge is 0.504 e. The van der Waals surface area contributed by atoms with Gasteiger partial charge in [-0.15, -0.1) is 0 Å². The van der Waals surface area contributed by atoms with Gasteiger partial charge in [-0.05, 0) is 86.5 Å². The first-order chi connectivity index (χ1) is 21.3. The molecule has 8 N–H and O–H groups in total. The molecule has 4 aliphatic rings. The molecule has 5 rings (SSSR count). The van der Waals surface area contributed by atoms with E-state index in [1.54, 1.807) is 26.0 Å². The van der Waals surface area contributed by atoms with E-state index in [1.165, 1.54) is 13.0 Å². The van der Waals surface area contributed by atoms with E-state index in [9.17, 15) is 45.6 Å². The molecule has 0 spiro atoms. The number of benzene rings is 1. The van der Waals surface area contributed by atoms with Gasteiger partial charge in [0.05, 0.1) is 23.7 Å². The molecule has 1 saturated heterocycles. The second-order valence-electron chi connectivity index (χ2n) is 15.0. The third-order valence-corrected chi connectivity index (χ3v) is 12.3. The molecule has 46 heavy (non-hydrogen) atoms. The van der Waals surface area contributed by atoms with Crippen molar-refractivity contribution in [3.8, 4) is 11.5 Å². The molecule has 1 aromatic rings. The van der Waals surface area contributed by atoms with Crippen LogP contribution in [0.1, 0.15) is 70.6 Å². The molecule has 0 aromatic heterocycles. The van der Waals surface area contributed by atoms with E-state index in [1.807, 2.05) is 13.8 Å². The summed E-state index contributed by atoms with van der Waals surface area (Å²) in [6.45, 7) is 14.0. The fourth-order valence-electron chi connectivity index (χ4n) is 9.65. The standard InChI is InChI=1S/C35H50O11/c1-16(2)8-11-24(38)35(7,44)30-20(37)13-32(4)23-10-9-18-17(3)26(40)21(12-19(18)34(23,6)25(39)14-33(30,32)5)45-31-29(43)28(42)27(41)22(15-36)46-31/h8,11-12,20,22-24,27-31,36-38,40-44H,1,9-10,13-15H2,2-7H3/b11-8+/t20-,22-,23+,24?,27-,28+,29-,30?,31?,32+,33-,34+,35+/m1/s1. The van der Waals surface area contributed by atoms with Crippen molar-refractivity contribution < 1.29 is 55.1 Å². The minimum absolute atomic E-state index is 0.0214. The number of phenols is 1. The number of carbonyl (C=O) groups excluding carboxylic acids is 1. The first-order valence-electron chi connectivity index (χ1n) is 16.1. The van der Waals surface area contributed by atoms with Crippen molar-refractivity contribution >= 4 is 5.78 Å². The predicted molar refractivity (Wildman–Crippen MR) is 167 cm³/mol. The Bertz CT molecular complexity index is 1420. The van der Waals surface area contributed by atoms with E-state index in [2.05, 4.69) is 13.5 Å². The highest BCUT2D eigenvalue weighted by Crippen LogP contribution is 2.72. The van der Waals surface area contributed by atoms with Crippen LogP contribution in [0.5, 0.6) is 11.5 Å². The maximum atomic E-state index is 14.6. The lowest BCUT2D eigenvalue weighted by atomic mass is 9.41. The molecule has 11 heteroatoms. The molecule has 2 saturated carbocycles. The number of Topliss-reactive ketones (excluding diaryl/α,β-unsaturated/α-hetero) is 1. The van der Waals surface area contributed by atoms with E-state index in [4.69, 9.17) is 9.47 Å². The first-order valence-corrected chi connectivity index (χ1v) is 16.1. The Labute approximate surface area is 269 Å². The lowest BCUT2D eigenvalue weighted by Crippen LogP contribution is -2.64. The number of carbonyl (C=O) groups is 1. The molecular formula is C35H50O11. The molecule has 11 nitrogen and oxygen atoms in total. The van der Waals surface area contributed by atoms with Gasteiger partial charge in [0.2, 0.25) is 6.29 Å². The van der Waals surface area contributed by atoms with Crippen LogP contribution in [0.3, 0.4) is 0 Å². The number of aliphatic hydroxyl groups is 7. The molecule has 3 aliphatic carbocycles. The second-order valence-corrected chi connectivity index (χ2v) is 15.0. The van der Waals surface area contributed by atoms with E-state index in [0.717, 1.165) is 5.56 Å². The van der Waals surface area contributed by atoms with Crippen molar-refractivity contribution in [2.75, 3.05) is 6.61 Å². The summed E-state index contributed by atoms with van der Waals surface area (Å²) < 4.78 is 11.4. The van der Waals surface area contributed by atoms with Gasteiger partial charge in [0.1, 0.15) is 36.3 Å². The first kappa shape index (κ1) is 35.0. The number of hydrogen-bond acceptors (Lipinski definition) is 11. The van der Waals surface area contributed by atoms with E-state index < -0.39 is 77.3 Å². The van der Waals surface area contributed by atoms with E-state index in [0.29, 0.717) is 36.0 Å². The number of ketones is 1. The summed E-state index contributed by atoms with van der Waals surface area (Å²) in [5.41, 5.74) is -1.75. The fourth-order valence-corrected chi connectivity index (χ4v) is 9.65. The summed E-state index contributed by atoms with van der Waals surface area (Å²) in [5.74, 6) is -1.53. The smallest absolute Gasteiger partial charge is 0.229 e. The topological polar surface area (TPSA) is 197 Å². The molecule has 1 heterocycles. The molecule has 1 aromatic carbocycles. The maximum absolute atomic E-state index is 14.6. The Balaban J connectivity index is 1.55. The SMILES string of the molecule is C=C(C)/C=C/C(O)[C@](C)(O)C1[C@H](O)C[C@@]2(C)[C@@H]3CCc4c(cc(OC5O[C@H](CO)[C@@H](O)[C@H](O)[C@H]5O)c(O)c4C)[C@]3(C)C(=O)C[C@]12C. The van der Waals surface area contributed by atoms with Crippen LogP contribution in [0, 0.1) is 29.6 Å². The van der Waals surface area contributed by atoms with Gasteiger partial charge in [-0.2, -0.15) is 0 Å². The summed E-state index contributed by atoms with van der Waals surface area (Å²) in [6, 6.07) is 1.57. The second kappa shape index (κ2) is 11.7. The molecule has 256 valence electrons. The number of hydrogen-bond donors (Lipinski definition) is 8. The Morgan fingerprint density at radius 1 is 1.17 bits per heavy atom. The minimum atomic E-state index is -1.76. The molecule has 1 aliphatic heterocycles. The zero-order valence-electron chi connectivity index (χ0n) is 27.5. The Morgan fingerprint density at radius 3 is 2.43 bits per heavy atom. The van der Waals surface area contributed by atoms with E-state index in [-0.39, 0.29) is 29.6 Å². The summed E-state index contributed by atoms with van der Waals surface area (Å²) >= 11 is 0. The van der Waals surface area contributed by atoms with Gasteiger partial charge in [-0.1, -0.05) is 38.2 Å². The van der Waals surface area contributed by atoms with Crippen LogP contribution in [-0.4, -0.2) is 102 Å². The summed E-state index contributed by atoms with van der Waals surface area (Å²) in [5, 5.41) is 86.4. The monoisotopic (exact) mass is 646 g/mol. The van der Waals surface area contributed by atoms with Crippen LogP contribution >= 0.6 is 0 Å². The maximum Gasteiger partial charge on any atom is 0.229 e. The Morgan fingerprint density at radius 2 is 1.83 bits per heavy atom. The Hall–Kier alpha value is -2.35. The van der Waals surface area contributed by atoms with Crippen LogP contribution in [0.25, 0.3) is 0 Å². The van der Waals surface area contributed by atoms with Crippen molar-refractivity contribution in [3.05, 3.63) is 47.1 Å². The zero-order chi connectivity index (χ0) is 34.3. The van der Waals surface area contributed by atoms with Crippen molar-refractivity contribution in [1.29, 1.82) is 0 Å². The van der Waals surface area contributed by atoms with Gasteiger partial charge in [-0.25, -0.2) is 0 Å². The highest BCUT2D eigenvalue weighted by Gasteiger charge is 2.73. The van der Waals surface area contributed by atoms with Gasteiger partial charge in [0.15, 0.2) is 11.5 Å². The Kier molecular flexibility index (Phi) is 8.87. The number of allylic oxidation sites excluding steroid dienone is 2. The van der Waals surface area contributed by atoms with Gasteiger partial charge in [0, 0.05) is 12.3 Å². The number of ether oxygens (including phenoxy) is 2. The molecule has 13 atom stereocenters. The molecule has 0 amide bonds. The van der Waals surface area contributed by atoms with Crippen LogP contribution in [-0.2, 0) is 21.4 Å². The van der Waals surface area contributed by atoms with Gasteiger partial charge in [0.25, 0.3) is 0 Å². The average molecular weight is 647 g/mol. The van der Waals surface area contributed by atoms with Crippen LogP contribution in [0.2, 0.25) is 0 Å². The molecule has 0 radical (unpaired) electrons. The van der Waals surface area contributed by atoms with Gasteiger partial charge < -0.3 is 50.3 Å². The van der Waals surface area contributed by atoms with Crippen LogP contribution in [0.15, 0.2) is 30.4 Å². The third-order valence-electron chi connectivity index (χ3n) is 12.3. The van der Waals surface area contributed by atoms with Gasteiger partial charge >= 0.3 is 0 Å². The lowest BCUT2D eigenvalue weighted by molar-refractivity contribution is -0.277. The summed E-state index contributed by atoms with van der Waals surface area (Å²) in [7, 11) is 0. The van der Waals surface area contributed by atoms with E-state index >= 15 is 0 Å². The molecule has 3 unspecified atom stereocenters. The normalized spacial score (nSPS) is 42.6. The van der Waals surface area contributed by atoms with Crippen molar-refractivity contribution in [3.63, 3.8) is 0 Å². The van der Waals surface area contributed by atoms with Crippen molar-refractivity contribution in [2.24, 2.45) is 22.7 Å². The average Bonchev–Trinajstić information content (AvgIpc) is 3.19. The number of aliphatic hydroxyl groups excluding tert-OH is 6. The predicted octanol–water partition coefficient (Wildman–Crippen LogP) is 1.31. The molecule has 0 bridgehead atoms. The van der Waals surface area contributed by atoms with Crippen LogP contribution < -0.4 is 4.74 Å². The molecular weight excluding hydrogens is 596 g/mol. The fraction of sp³-hybridized carbons (Fsp3) is 0.686. The number of phenolic OH excluding ortho intramolecular Hbond substituents is 1. The zero-order valence-corrected chi connectivity index (χ0v) is 27.5. The minimum Gasteiger partial charge on any atom is -0.504 e. The lowest BCUT2D eigenvalue weighted by Gasteiger charge is -2.62. The summed E-state index contributed by atoms with van der Waals surface area (Å²) in [6.07, 6.45) is -5.51. The third kappa shape index (κ3) is 4.89. The molecule has 3 fully saturated rings. The van der Waals surface area contributed by atoms with Crippen molar-refractivity contribution in [2.45, 2.75) is 121 Å². The number of fused-ring (bicyclic) bond motifs is 5. The van der Waals surface area contributed by atoms with Gasteiger partial charge in [-0.3, -0.25) is 4.79 Å². The number of aromatic hydroxyl groups is 1.